The Bertz CT molecular complexity index is 1350. The van der Waals surface area contributed by atoms with E-state index in [1.165, 1.54) is 0 Å². The van der Waals surface area contributed by atoms with Gasteiger partial charge in [0.25, 0.3) is 0 Å². The van der Waals surface area contributed by atoms with Crippen molar-refractivity contribution in [3.63, 3.8) is 0 Å². The van der Waals surface area contributed by atoms with E-state index in [1.54, 1.807) is 78.8 Å². The van der Waals surface area contributed by atoms with Gasteiger partial charge in [-0.25, -0.2) is 9.97 Å². The average Bonchev–Trinajstić information content (AvgIpc) is 3.78. The van der Waals surface area contributed by atoms with Gasteiger partial charge in [0.15, 0.2) is 0 Å². The molecule has 0 amide bonds. The van der Waals surface area contributed by atoms with Gasteiger partial charge in [-0.15, -0.1) is 40.8 Å². The second-order valence-electron chi connectivity index (χ2n) is 6.37. The van der Waals surface area contributed by atoms with Crippen molar-refractivity contribution < 1.29 is 27.7 Å². The van der Waals surface area contributed by atoms with E-state index in [0.29, 0.717) is 0 Å². The third-order valence-corrected chi connectivity index (χ3v) is 4.17. The summed E-state index contributed by atoms with van der Waals surface area (Å²) in [4.78, 5) is 12.1. The minimum atomic E-state index is 0. The summed E-state index contributed by atoms with van der Waals surface area (Å²) in [7, 11) is 0. The first kappa shape index (κ1) is 36.3. The third kappa shape index (κ3) is 11.1. The quantitative estimate of drug-likeness (QED) is 0.140. The number of hydrogen-bond acceptors (Lipinski definition) is 12. The molecule has 0 unspecified atom stereocenters. The molecular formula is C20H20CoN16O2Se2+2. The van der Waals surface area contributed by atoms with Crippen molar-refractivity contribution in [2.45, 2.75) is 0 Å². The summed E-state index contributed by atoms with van der Waals surface area (Å²) in [5.41, 5.74) is 0. The molecule has 0 aliphatic carbocycles. The fraction of sp³-hybridized carbons (Fsp3) is 0. The van der Waals surface area contributed by atoms with E-state index in [-0.39, 0.29) is 27.7 Å². The van der Waals surface area contributed by atoms with Crippen molar-refractivity contribution in [2.75, 3.05) is 0 Å². The van der Waals surface area contributed by atoms with Crippen molar-refractivity contribution in [1.29, 1.82) is 10.5 Å². The molecule has 6 aromatic heterocycles. The summed E-state index contributed by atoms with van der Waals surface area (Å²) >= 11 is 4.22. The molecule has 0 aliphatic heterocycles. The van der Waals surface area contributed by atoms with Gasteiger partial charge in [0, 0.05) is 0 Å². The van der Waals surface area contributed by atoms with E-state index in [4.69, 9.17) is 10.5 Å². The van der Waals surface area contributed by atoms with Gasteiger partial charge in [-0.05, 0) is 24.3 Å². The maximum atomic E-state index is 7.26. The molecule has 0 atom stereocenters. The molecule has 0 saturated heterocycles. The second kappa shape index (κ2) is 20.2. The predicted octanol–water partition coefficient (Wildman–Crippen LogP) is -2.09. The molecule has 6 aromatic rings. The van der Waals surface area contributed by atoms with Crippen LogP contribution in [-0.2, 0) is 27.7 Å². The topological polar surface area (TPSA) is 262 Å². The van der Waals surface area contributed by atoms with Crippen LogP contribution in [0.1, 0.15) is 0 Å². The number of aromatic nitrogens is 14. The van der Waals surface area contributed by atoms with Crippen LogP contribution in [0.5, 0.6) is 0 Å². The Morgan fingerprint density at radius 2 is 0.634 bits per heavy atom. The van der Waals surface area contributed by atoms with Crippen LogP contribution in [0.15, 0.2) is 87.0 Å². The summed E-state index contributed by atoms with van der Waals surface area (Å²) in [5, 5.41) is 44.4. The molecule has 1 radical (unpaired) electrons. The number of nitriles is 2. The molecule has 18 nitrogen and oxygen atoms in total. The zero-order chi connectivity index (χ0) is 27.0. The summed E-state index contributed by atoms with van der Waals surface area (Å²) in [6.07, 6.45) is 12.8. The van der Waals surface area contributed by atoms with Crippen LogP contribution in [0.4, 0.5) is 0 Å². The molecule has 0 aromatic carbocycles. The van der Waals surface area contributed by atoms with Gasteiger partial charge in [0.2, 0.25) is 0 Å². The Morgan fingerprint density at radius 1 is 0.463 bits per heavy atom. The monoisotopic (exact) mass is 735 g/mol. The zero-order valence-corrected chi connectivity index (χ0v) is 25.0. The molecule has 41 heavy (non-hydrogen) atoms. The van der Waals surface area contributed by atoms with E-state index in [0.717, 1.165) is 23.3 Å². The Morgan fingerprint density at radius 3 is 0.805 bits per heavy atom. The van der Waals surface area contributed by atoms with E-state index in [9.17, 15) is 0 Å². The molecule has 0 bridgehead atoms. The SMILES string of the molecule is N#C[Se-].N#C[Se-].[Co+2].[OH3+].[OH3+].c1cc(-n2cnnc2)nc(-n2cnnc2)c1.c1cc(-n2cnnc2)nc(-n2cnnc2)c1. The smallest absolute Gasteiger partial charge is 0.457 e. The van der Waals surface area contributed by atoms with Crippen molar-refractivity contribution in [1.82, 2.24) is 69.0 Å². The molecule has 6 N–H and O–H groups in total. The molecule has 21 heteroatoms. The van der Waals surface area contributed by atoms with Crippen LogP contribution < -0.4 is 0 Å². The Kier molecular flexibility index (Phi) is 17.9. The van der Waals surface area contributed by atoms with E-state index >= 15 is 0 Å². The van der Waals surface area contributed by atoms with Gasteiger partial charge in [-0.2, -0.15) is 0 Å². The number of nitrogens with zero attached hydrogens (tertiary/aromatic N) is 16. The number of hydrogen-bond donors (Lipinski definition) is 0. The van der Waals surface area contributed by atoms with Gasteiger partial charge in [0.1, 0.15) is 73.9 Å². The Balaban J connectivity index is 0.000000618. The van der Waals surface area contributed by atoms with Crippen molar-refractivity contribution in [2.24, 2.45) is 0 Å². The summed E-state index contributed by atoms with van der Waals surface area (Å²) in [5.74, 6) is 2.99. The fourth-order valence-electron chi connectivity index (χ4n) is 2.68. The van der Waals surface area contributed by atoms with Crippen LogP contribution >= 0.6 is 0 Å². The Labute approximate surface area is 258 Å². The van der Waals surface area contributed by atoms with Gasteiger partial charge in [-0.1, -0.05) is 12.1 Å². The number of pyridine rings is 2. The van der Waals surface area contributed by atoms with Crippen LogP contribution in [-0.4, -0.2) is 101 Å². The maximum absolute atomic E-state index is 7.26. The average molecular weight is 733 g/mol. The van der Waals surface area contributed by atoms with Crippen LogP contribution in [0.25, 0.3) is 23.3 Å². The van der Waals surface area contributed by atoms with Crippen molar-refractivity contribution in [3.05, 3.63) is 87.0 Å². The Hall–Kier alpha value is -4.69. The van der Waals surface area contributed by atoms with Crippen LogP contribution in [0, 0.1) is 20.5 Å². The van der Waals surface area contributed by atoms with Gasteiger partial charge < -0.3 is 11.0 Å². The maximum Gasteiger partial charge on any atom is 2.00 e. The molecule has 0 spiro atoms. The van der Waals surface area contributed by atoms with Crippen LogP contribution in [0.2, 0.25) is 0 Å². The molecule has 0 fully saturated rings. The molecular weight excluding hydrogens is 713 g/mol. The predicted molar refractivity (Wildman–Crippen MR) is 141 cm³/mol. The van der Waals surface area contributed by atoms with E-state index in [1.807, 2.05) is 36.4 Å². The first-order chi connectivity index (χ1) is 18.7. The first-order valence-corrected chi connectivity index (χ1v) is 11.8. The van der Waals surface area contributed by atoms with E-state index in [2.05, 4.69) is 82.8 Å². The van der Waals surface area contributed by atoms with Gasteiger partial charge >= 0.3 is 69.3 Å². The molecule has 6 heterocycles. The van der Waals surface area contributed by atoms with Crippen molar-refractivity contribution >= 4 is 32.0 Å². The minimum Gasteiger partial charge on any atom is -0.457 e. The van der Waals surface area contributed by atoms with Crippen LogP contribution in [0.3, 0.4) is 0 Å². The summed E-state index contributed by atoms with van der Waals surface area (Å²) < 4.78 is 6.92. The molecule has 0 saturated carbocycles. The van der Waals surface area contributed by atoms with E-state index < -0.39 is 0 Å². The number of rotatable bonds is 4. The fourth-order valence-corrected chi connectivity index (χ4v) is 2.68. The second-order valence-corrected chi connectivity index (χ2v) is 7.13. The van der Waals surface area contributed by atoms with Gasteiger partial charge in [-0.3, -0.25) is 18.3 Å². The van der Waals surface area contributed by atoms with Gasteiger partial charge in [0.05, 0.1) is 0 Å². The third-order valence-electron chi connectivity index (χ3n) is 4.17. The first-order valence-electron chi connectivity index (χ1n) is 10.1. The normalized spacial score (nSPS) is 8.54. The van der Waals surface area contributed by atoms with Crippen molar-refractivity contribution in [3.8, 4) is 33.2 Å². The molecule has 211 valence electrons. The molecule has 0 aliphatic rings. The summed E-state index contributed by atoms with van der Waals surface area (Å²) in [6, 6.07) is 11.3. The zero-order valence-electron chi connectivity index (χ0n) is 20.5. The largest absolute Gasteiger partial charge is 2.00 e. The standard InChI is InChI=1S/2C9H7N7.2CHNSe.Co.2H2O/c2*1-2-8(15-4-10-11-5-15)14-9(3-1)16-6-12-13-7-16;2*2-1-3;;;/h2*1-7H;2*3H;;2*1H2/q;;;;+2;;. The summed E-state index contributed by atoms with van der Waals surface area (Å²) in [6.45, 7) is 0. The minimum absolute atomic E-state index is 0. The molecule has 6 rings (SSSR count).